The average Bonchev–Trinajstić information content (AvgIpc) is 2.91. The van der Waals surface area contributed by atoms with E-state index in [0.717, 1.165) is 6.42 Å². The number of nitrogens with zero attached hydrogens (tertiary/aromatic N) is 1. The van der Waals surface area contributed by atoms with Gasteiger partial charge in [-0.15, -0.1) is 0 Å². The molecule has 1 N–H and O–H groups in total. The van der Waals surface area contributed by atoms with Gasteiger partial charge in [0.25, 0.3) is 0 Å². The summed E-state index contributed by atoms with van der Waals surface area (Å²) in [4.78, 5) is 8.20. The lowest BCUT2D eigenvalue weighted by atomic mass is 9.90. The predicted molar refractivity (Wildman–Crippen MR) is 73.6 cm³/mol. The van der Waals surface area contributed by atoms with Crippen molar-refractivity contribution in [3.8, 4) is 0 Å². The van der Waals surface area contributed by atoms with Gasteiger partial charge in [-0.3, -0.25) is 4.99 Å². The highest BCUT2D eigenvalue weighted by molar-refractivity contribution is 5.98. The molecule has 1 aliphatic rings. The van der Waals surface area contributed by atoms with Gasteiger partial charge in [0.2, 0.25) is 0 Å². The number of aliphatic imine (C=N–C) groups is 1. The van der Waals surface area contributed by atoms with E-state index in [-0.39, 0.29) is 5.54 Å². The second-order valence-electron chi connectivity index (χ2n) is 4.91. The number of hydrogen-bond donors (Lipinski definition) is 1. The van der Waals surface area contributed by atoms with Gasteiger partial charge in [0, 0.05) is 24.0 Å². The van der Waals surface area contributed by atoms with Gasteiger partial charge in [-0.1, -0.05) is 32.8 Å². The summed E-state index contributed by atoms with van der Waals surface area (Å²) in [6, 6.07) is 4.16. The first kappa shape index (κ1) is 12.2. The molecule has 0 spiro atoms. The fraction of sp³-hybridized carbons (Fsp3) is 0.533. The third kappa shape index (κ3) is 2.87. The summed E-state index contributed by atoms with van der Waals surface area (Å²) < 4.78 is 0. The van der Waals surface area contributed by atoms with E-state index in [0.29, 0.717) is 0 Å². The number of nitrogens with one attached hydrogen (secondary N) is 1. The first-order chi connectivity index (χ1) is 8.28. The van der Waals surface area contributed by atoms with Crippen LogP contribution >= 0.6 is 0 Å². The molecule has 0 saturated carbocycles. The van der Waals surface area contributed by atoms with Gasteiger partial charge >= 0.3 is 0 Å². The molecule has 2 heterocycles. The molecule has 92 valence electrons. The summed E-state index contributed by atoms with van der Waals surface area (Å²) in [5, 5.41) is 0. The van der Waals surface area contributed by atoms with E-state index in [1.807, 2.05) is 12.3 Å². The summed E-state index contributed by atoms with van der Waals surface area (Å²) in [6.45, 7) is 4.48. The number of allylic oxidation sites excluding steroid dienone is 1. The lowest BCUT2D eigenvalue weighted by molar-refractivity contribution is 0.449. The van der Waals surface area contributed by atoms with Crippen LogP contribution in [0.3, 0.4) is 0 Å². The molecule has 1 aromatic rings. The maximum Gasteiger partial charge on any atom is 0.0794 e. The Kier molecular flexibility index (Phi) is 3.82. The molecule has 0 saturated heterocycles. The fourth-order valence-electron chi connectivity index (χ4n) is 2.65. The maximum atomic E-state index is 4.96. The Labute approximate surface area is 104 Å². The van der Waals surface area contributed by atoms with Crippen molar-refractivity contribution in [2.75, 3.05) is 0 Å². The van der Waals surface area contributed by atoms with Crippen LogP contribution in [0.4, 0.5) is 0 Å². The highest BCUT2D eigenvalue weighted by atomic mass is 14.9. The van der Waals surface area contributed by atoms with Crippen molar-refractivity contribution in [2.24, 2.45) is 4.99 Å². The predicted octanol–water partition coefficient (Wildman–Crippen LogP) is 3.91. The van der Waals surface area contributed by atoms with Crippen molar-refractivity contribution < 1.29 is 0 Å². The van der Waals surface area contributed by atoms with E-state index in [1.165, 1.54) is 37.1 Å². The van der Waals surface area contributed by atoms with Crippen molar-refractivity contribution >= 4 is 5.71 Å². The van der Waals surface area contributed by atoms with Crippen LogP contribution in [0.25, 0.3) is 0 Å². The third-order valence-electron chi connectivity index (χ3n) is 3.35. The highest BCUT2D eigenvalue weighted by Gasteiger charge is 2.28. The number of hydrogen-bond acceptors (Lipinski definition) is 1. The van der Waals surface area contributed by atoms with Crippen LogP contribution in [0.2, 0.25) is 0 Å². The van der Waals surface area contributed by atoms with Gasteiger partial charge in [0.15, 0.2) is 0 Å². The lowest BCUT2D eigenvalue weighted by Crippen LogP contribution is -2.21. The Morgan fingerprint density at radius 1 is 1.24 bits per heavy atom. The van der Waals surface area contributed by atoms with Crippen LogP contribution in [-0.4, -0.2) is 16.2 Å². The van der Waals surface area contributed by atoms with Gasteiger partial charge < -0.3 is 4.98 Å². The quantitative estimate of drug-likeness (QED) is 0.767. The van der Waals surface area contributed by atoms with Crippen molar-refractivity contribution in [1.29, 1.82) is 0 Å². The molecule has 0 unspecified atom stereocenters. The Hall–Kier alpha value is -1.31. The molecule has 17 heavy (non-hydrogen) atoms. The molecule has 0 amide bonds. The van der Waals surface area contributed by atoms with Gasteiger partial charge in [-0.25, -0.2) is 0 Å². The van der Waals surface area contributed by atoms with Crippen LogP contribution in [0.5, 0.6) is 0 Å². The van der Waals surface area contributed by atoms with Crippen LogP contribution in [0, 0.1) is 0 Å². The third-order valence-corrected chi connectivity index (χ3v) is 3.35. The standard InChI is InChI=1S/C15H22N2/c1-3-8-15(9-4-2)10-7-14(17-15)12-13-6-5-11-16-13/h5-7,10-11,16H,3-4,8-9,12H2,1-2H3. The molecular formula is C15H22N2. The number of aromatic amines is 1. The van der Waals surface area contributed by atoms with Crippen molar-refractivity contribution in [2.45, 2.75) is 51.5 Å². The van der Waals surface area contributed by atoms with Crippen molar-refractivity contribution in [1.82, 2.24) is 4.98 Å². The fourth-order valence-corrected chi connectivity index (χ4v) is 2.65. The molecule has 0 bridgehead atoms. The van der Waals surface area contributed by atoms with E-state index < -0.39 is 0 Å². The molecule has 0 aliphatic carbocycles. The number of aromatic nitrogens is 1. The molecule has 0 aromatic carbocycles. The van der Waals surface area contributed by atoms with Crippen molar-refractivity contribution in [3.63, 3.8) is 0 Å². The zero-order valence-corrected chi connectivity index (χ0v) is 10.9. The molecule has 0 radical (unpaired) electrons. The first-order valence-electron chi connectivity index (χ1n) is 6.68. The smallest absolute Gasteiger partial charge is 0.0794 e. The maximum absolute atomic E-state index is 4.96. The van der Waals surface area contributed by atoms with E-state index >= 15 is 0 Å². The van der Waals surface area contributed by atoms with E-state index in [9.17, 15) is 0 Å². The summed E-state index contributed by atoms with van der Waals surface area (Å²) in [7, 11) is 0. The zero-order valence-electron chi connectivity index (χ0n) is 10.9. The summed E-state index contributed by atoms with van der Waals surface area (Å²) in [5.74, 6) is 0. The minimum absolute atomic E-state index is 0.103. The topological polar surface area (TPSA) is 28.1 Å². The molecule has 2 rings (SSSR count). The Morgan fingerprint density at radius 2 is 2.00 bits per heavy atom. The van der Waals surface area contributed by atoms with Gasteiger partial charge in [-0.05, 0) is 31.1 Å². The molecular weight excluding hydrogens is 208 g/mol. The largest absolute Gasteiger partial charge is 0.365 e. The monoisotopic (exact) mass is 230 g/mol. The summed E-state index contributed by atoms with van der Waals surface area (Å²) >= 11 is 0. The summed E-state index contributed by atoms with van der Waals surface area (Å²) in [5.41, 5.74) is 2.57. The van der Waals surface area contributed by atoms with E-state index in [4.69, 9.17) is 4.99 Å². The summed E-state index contributed by atoms with van der Waals surface area (Å²) in [6.07, 6.45) is 12.2. The number of H-pyrrole nitrogens is 1. The molecule has 0 fully saturated rings. The Morgan fingerprint density at radius 3 is 2.59 bits per heavy atom. The van der Waals surface area contributed by atoms with Crippen LogP contribution < -0.4 is 0 Å². The molecule has 2 nitrogen and oxygen atoms in total. The SMILES string of the molecule is CCCC1(CCC)C=CC(Cc2ccc[nH]2)=N1. The molecule has 0 atom stereocenters. The molecule has 1 aromatic heterocycles. The Bertz CT molecular complexity index is 393. The van der Waals surface area contributed by atoms with Crippen LogP contribution in [0.1, 0.15) is 45.2 Å². The Balaban J connectivity index is 2.08. The molecule has 2 heteroatoms. The first-order valence-corrected chi connectivity index (χ1v) is 6.68. The second-order valence-corrected chi connectivity index (χ2v) is 4.91. The van der Waals surface area contributed by atoms with E-state index in [2.05, 4.69) is 37.0 Å². The van der Waals surface area contributed by atoms with Gasteiger partial charge in [-0.2, -0.15) is 0 Å². The second kappa shape index (κ2) is 5.35. The van der Waals surface area contributed by atoms with E-state index in [1.54, 1.807) is 0 Å². The van der Waals surface area contributed by atoms with Crippen LogP contribution in [0.15, 0.2) is 35.5 Å². The minimum Gasteiger partial charge on any atom is -0.365 e. The normalized spacial score (nSPS) is 17.4. The number of rotatable bonds is 6. The zero-order chi connectivity index (χ0) is 12.1. The minimum atomic E-state index is 0.103. The molecule has 1 aliphatic heterocycles. The lowest BCUT2D eigenvalue weighted by Gasteiger charge is -2.23. The van der Waals surface area contributed by atoms with Gasteiger partial charge in [0.1, 0.15) is 0 Å². The van der Waals surface area contributed by atoms with Crippen molar-refractivity contribution in [3.05, 3.63) is 36.2 Å². The average molecular weight is 230 g/mol. The highest BCUT2D eigenvalue weighted by Crippen LogP contribution is 2.30. The van der Waals surface area contributed by atoms with Crippen LogP contribution in [-0.2, 0) is 6.42 Å². The van der Waals surface area contributed by atoms with Gasteiger partial charge in [0.05, 0.1) is 5.54 Å².